The van der Waals surface area contributed by atoms with Crippen LogP contribution in [0.25, 0.3) is 0 Å². The van der Waals surface area contributed by atoms with Crippen molar-refractivity contribution in [3.8, 4) is 0 Å². The Bertz CT molecular complexity index is 591. The molecule has 0 unspecified atom stereocenters. The number of nitrogens with zero attached hydrogens (tertiary/aromatic N) is 1. The van der Waals surface area contributed by atoms with Crippen LogP contribution in [0.5, 0.6) is 0 Å². The van der Waals surface area contributed by atoms with Gasteiger partial charge in [-0.2, -0.15) is 13.2 Å². The van der Waals surface area contributed by atoms with Crippen LogP contribution in [0.2, 0.25) is 0 Å². The monoisotopic (exact) mass is 329 g/mol. The van der Waals surface area contributed by atoms with Gasteiger partial charge >= 0.3 is 6.18 Å². The summed E-state index contributed by atoms with van der Waals surface area (Å²) in [5.74, 6) is -1.91. The molecule has 1 aliphatic carbocycles. The molecule has 1 amide bonds. The summed E-state index contributed by atoms with van der Waals surface area (Å²) in [5, 5.41) is 0. The molecule has 1 aromatic carbocycles. The lowest BCUT2D eigenvalue weighted by Crippen LogP contribution is -2.41. The van der Waals surface area contributed by atoms with Gasteiger partial charge < -0.3 is 4.90 Å². The second-order valence-electron chi connectivity index (χ2n) is 6.51. The summed E-state index contributed by atoms with van der Waals surface area (Å²) in [6.07, 6.45) is -2.88. The summed E-state index contributed by atoms with van der Waals surface area (Å²) >= 11 is 0. The van der Waals surface area contributed by atoms with E-state index >= 15 is 0 Å². The predicted molar refractivity (Wildman–Crippen MR) is 77.0 cm³/mol. The molecule has 1 fully saturated rings. The zero-order valence-corrected chi connectivity index (χ0v) is 12.7. The quantitative estimate of drug-likeness (QED) is 0.711. The highest BCUT2D eigenvalue weighted by Gasteiger charge is 2.43. The molecule has 2 aliphatic rings. The van der Waals surface area contributed by atoms with E-state index in [-0.39, 0.29) is 30.5 Å². The van der Waals surface area contributed by atoms with Crippen molar-refractivity contribution in [2.75, 3.05) is 6.54 Å². The van der Waals surface area contributed by atoms with Crippen LogP contribution in [0.15, 0.2) is 18.2 Å². The third-order valence-corrected chi connectivity index (χ3v) is 5.03. The number of fused-ring (bicyclic) bond motifs is 1. The maximum absolute atomic E-state index is 13.2. The Hall–Kier alpha value is -1.59. The highest BCUT2D eigenvalue weighted by atomic mass is 19.4. The molecule has 0 bridgehead atoms. The van der Waals surface area contributed by atoms with Crippen molar-refractivity contribution in [3.63, 3.8) is 0 Å². The number of hydrogen-bond donors (Lipinski definition) is 0. The average Bonchev–Trinajstić information content (AvgIpc) is 2.53. The van der Waals surface area contributed by atoms with Gasteiger partial charge in [0.2, 0.25) is 5.91 Å². The predicted octanol–water partition coefficient (Wildman–Crippen LogP) is 4.08. The van der Waals surface area contributed by atoms with Crippen molar-refractivity contribution in [2.45, 2.75) is 44.8 Å². The van der Waals surface area contributed by atoms with Crippen LogP contribution < -0.4 is 0 Å². The largest absolute Gasteiger partial charge is 0.391 e. The summed E-state index contributed by atoms with van der Waals surface area (Å²) in [4.78, 5) is 14.3. The molecule has 0 N–H and O–H groups in total. The SMILES string of the molecule is O=C(C1CCC(C(F)(F)F)CC1)N1CCc2cc(F)ccc2C1. The van der Waals surface area contributed by atoms with E-state index in [0.29, 0.717) is 32.4 Å². The van der Waals surface area contributed by atoms with Crippen LogP contribution in [-0.2, 0) is 17.8 Å². The average molecular weight is 329 g/mol. The van der Waals surface area contributed by atoms with Crippen molar-refractivity contribution in [1.82, 2.24) is 4.90 Å². The van der Waals surface area contributed by atoms with Gasteiger partial charge in [0.1, 0.15) is 5.82 Å². The van der Waals surface area contributed by atoms with Crippen molar-refractivity contribution in [2.24, 2.45) is 11.8 Å². The molecule has 6 heteroatoms. The van der Waals surface area contributed by atoms with E-state index in [1.54, 1.807) is 11.0 Å². The van der Waals surface area contributed by atoms with E-state index in [1.165, 1.54) is 12.1 Å². The molecule has 0 saturated heterocycles. The Labute approximate surface area is 132 Å². The van der Waals surface area contributed by atoms with Crippen LogP contribution in [0.1, 0.15) is 36.8 Å². The molecule has 2 nitrogen and oxygen atoms in total. The molecule has 0 radical (unpaired) electrons. The van der Waals surface area contributed by atoms with E-state index < -0.39 is 12.1 Å². The van der Waals surface area contributed by atoms with Gasteiger partial charge in [0.05, 0.1) is 5.92 Å². The zero-order chi connectivity index (χ0) is 16.6. The second-order valence-corrected chi connectivity index (χ2v) is 6.51. The lowest BCUT2D eigenvalue weighted by molar-refractivity contribution is -0.185. The topological polar surface area (TPSA) is 20.3 Å². The summed E-state index contributed by atoms with van der Waals surface area (Å²) in [5.41, 5.74) is 1.84. The van der Waals surface area contributed by atoms with Gasteiger partial charge in [-0.05, 0) is 55.4 Å². The number of rotatable bonds is 1. The fourth-order valence-electron chi connectivity index (χ4n) is 3.64. The van der Waals surface area contributed by atoms with Gasteiger partial charge in [-0.15, -0.1) is 0 Å². The molecule has 1 heterocycles. The zero-order valence-electron chi connectivity index (χ0n) is 12.7. The first-order chi connectivity index (χ1) is 10.8. The molecule has 1 aromatic rings. The van der Waals surface area contributed by atoms with Gasteiger partial charge in [0.25, 0.3) is 0 Å². The summed E-state index contributed by atoms with van der Waals surface area (Å²) < 4.78 is 51.3. The molecular weight excluding hydrogens is 310 g/mol. The highest BCUT2D eigenvalue weighted by molar-refractivity contribution is 5.79. The fourth-order valence-corrected chi connectivity index (χ4v) is 3.64. The maximum Gasteiger partial charge on any atom is 0.391 e. The fraction of sp³-hybridized carbons (Fsp3) is 0.588. The lowest BCUT2D eigenvalue weighted by atomic mass is 9.80. The number of alkyl halides is 3. The minimum Gasteiger partial charge on any atom is -0.338 e. The standard InChI is InChI=1S/C17H19F4NO/c18-15-6-3-13-10-22(8-7-12(13)9-15)16(23)11-1-4-14(5-2-11)17(19,20)21/h3,6,9,11,14H,1-2,4-5,7-8,10H2. The summed E-state index contributed by atoms with van der Waals surface area (Å²) in [6.45, 7) is 0.933. The van der Waals surface area contributed by atoms with Crippen LogP contribution in [0.4, 0.5) is 17.6 Å². The molecule has 0 spiro atoms. The van der Waals surface area contributed by atoms with Crippen LogP contribution in [0, 0.1) is 17.7 Å². The first-order valence-electron chi connectivity index (χ1n) is 7.97. The number of benzene rings is 1. The summed E-state index contributed by atoms with van der Waals surface area (Å²) in [6, 6.07) is 4.55. The molecule has 1 aliphatic heterocycles. The number of carbonyl (C=O) groups excluding carboxylic acids is 1. The number of amides is 1. The van der Waals surface area contributed by atoms with Crippen molar-refractivity contribution < 1.29 is 22.4 Å². The molecule has 1 saturated carbocycles. The van der Waals surface area contributed by atoms with E-state index in [4.69, 9.17) is 0 Å². The molecule has 0 atom stereocenters. The smallest absolute Gasteiger partial charge is 0.338 e. The van der Waals surface area contributed by atoms with Crippen molar-refractivity contribution in [3.05, 3.63) is 35.1 Å². The highest BCUT2D eigenvalue weighted by Crippen LogP contribution is 2.40. The first-order valence-corrected chi connectivity index (χ1v) is 7.97. The second kappa shape index (κ2) is 6.13. The Balaban J connectivity index is 1.61. The Morgan fingerprint density at radius 2 is 1.78 bits per heavy atom. The molecule has 126 valence electrons. The number of hydrogen-bond acceptors (Lipinski definition) is 1. The molecule has 0 aromatic heterocycles. The van der Waals surface area contributed by atoms with Crippen molar-refractivity contribution in [1.29, 1.82) is 0 Å². The molecular formula is C17H19F4NO. The van der Waals surface area contributed by atoms with Crippen LogP contribution in [-0.4, -0.2) is 23.5 Å². The number of halogens is 4. The lowest BCUT2D eigenvalue weighted by Gasteiger charge is -2.35. The third-order valence-electron chi connectivity index (χ3n) is 5.03. The maximum atomic E-state index is 13.2. The Morgan fingerprint density at radius 3 is 2.43 bits per heavy atom. The van der Waals surface area contributed by atoms with Gasteiger partial charge in [-0.25, -0.2) is 4.39 Å². The van der Waals surface area contributed by atoms with Gasteiger partial charge in [-0.3, -0.25) is 4.79 Å². The van der Waals surface area contributed by atoms with Crippen LogP contribution >= 0.6 is 0 Å². The molecule has 3 rings (SSSR count). The normalized spacial score (nSPS) is 25.1. The minimum atomic E-state index is -4.15. The van der Waals surface area contributed by atoms with E-state index in [0.717, 1.165) is 11.1 Å². The van der Waals surface area contributed by atoms with Crippen molar-refractivity contribution >= 4 is 5.91 Å². The van der Waals surface area contributed by atoms with Crippen LogP contribution in [0.3, 0.4) is 0 Å². The van der Waals surface area contributed by atoms with Gasteiger partial charge in [-0.1, -0.05) is 6.07 Å². The van der Waals surface area contributed by atoms with E-state index in [2.05, 4.69) is 0 Å². The number of carbonyl (C=O) groups is 1. The Morgan fingerprint density at radius 1 is 1.09 bits per heavy atom. The minimum absolute atomic E-state index is 0.0372. The van der Waals surface area contributed by atoms with E-state index in [9.17, 15) is 22.4 Å². The Kier molecular flexibility index (Phi) is 4.34. The van der Waals surface area contributed by atoms with Gasteiger partial charge in [0, 0.05) is 19.0 Å². The van der Waals surface area contributed by atoms with E-state index in [1.807, 2.05) is 0 Å². The third kappa shape index (κ3) is 3.51. The summed E-state index contributed by atoms with van der Waals surface area (Å²) in [7, 11) is 0. The van der Waals surface area contributed by atoms with Gasteiger partial charge in [0.15, 0.2) is 0 Å². The molecule has 23 heavy (non-hydrogen) atoms. The first kappa shape index (κ1) is 16.3.